The summed E-state index contributed by atoms with van der Waals surface area (Å²) in [5.41, 5.74) is 0. The first-order valence-corrected chi connectivity index (χ1v) is 4.60. The molecular formula is C4HF7O5S. The molecule has 0 aliphatic carbocycles. The van der Waals surface area contributed by atoms with Gasteiger partial charge in [-0.15, -0.1) is 0 Å². The summed E-state index contributed by atoms with van der Waals surface area (Å²) in [4.78, 5) is 9.82. The second-order valence-corrected chi connectivity index (χ2v) is 3.86. The number of hydrogen-bond donors (Lipinski definition) is 1. The molecule has 0 aliphatic rings. The molecule has 0 heterocycles. The van der Waals surface area contributed by atoms with Crippen molar-refractivity contribution in [1.82, 2.24) is 0 Å². The fourth-order valence-corrected chi connectivity index (χ4v) is 0.726. The van der Waals surface area contributed by atoms with Gasteiger partial charge in [0.2, 0.25) is 0 Å². The third-order valence-corrected chi connectivity index (χ3v) is 2.00. The van der Waals surface area contributed by atoms with Crippen molar-refractivity contribution in [3.8, 4) is 0 Å². The van der Waals surface area contributed by atoms with E-state index in [1.54, 1.807) is 0 Å². The van der Waals surface area contributed by atoms with Crippen molar-refractivity contribution in [2.45, 2.75) is 17.5 Å². The van der Waals surface area contributed by atoms with Crippen LogP contribution in [-0.4, -0.2) is 36.5 Å². The van der Waals surface area contributed by atoms with Crippen LogP contribution in [0, 0.1) is 0 Å². The Kier molecular flexibility index (Phi) is 3.71. The molecule has 0 fully saturated rings. The summed E-state index contributed by atoms with van der Waals surface area (Å²) in [6, 6.07) is 0. The molecule has 17 heavy (non-hydrogen) atoms. The summed E-state index contributed by atoms with van der Waals surface area (Å²) in [6.07, 6.45) is -12.4. The minimum Gasteiger partial charge on any atom is -0.388 e. The predicted molar refractivity (Wildman–Crippen MR) is 33.6 cm³/mol. The first kappa shape index (κ1) is 15.9. The van der Waals surface area contributed by atoms with Gasteiger partial charge in [-0.3, -0.25) is 4.55 Å². The Morgan fingerprint density at radius 2 is 1.35 bits per heavy atom. The average molecular weight is 294 g/mol. The minimum atomic E-state index is -6.78. The summed E-state index contributed by atoms with van der Waals surface area (Å²) in [5.74, 6) is -3.74. The topological polar surface area (TPSA) is 80.7 Å². The highest BCUT2D eigenvalue weighted by atomic mass is 32.2. The Bertz CT molecular complexity index is 408. The third kappa shape index (κ3) is 3.18. The number of rotatable bonds is 3. The van der Waals surface area contributed by atoms with Crippen LogP contribution in [0.5, 0.6) is 0 Å². The zero-order valence-electron chi connectivity index (χ0n) is 7.13. The van der Waals surface area contributed by atoms with Crippen LogP contribution in [0.15, 0.2) is 0 Å². The number of ether oxygens (including phenoxy) is 1. The van der Waals surface area contributed by atoms with Crippen molar-refractivity contribution >= 4 is 16.1 Å². The molecule has 13 heteroatoms. The second kappa shape index (κ2) is 3.97. The Morgan fingerprint density at radius 1 is 1.00 bits per heavy atom. The van der Waals surface area contributed by atoms with Crippen molar-refractivity contribution in [2.75, 3.05) is 0 Å². The fourth-order valence-electron chi connectivity index (χ4n) is 0.384. The van der Waals surface area contributed by atoms with Gasteiger partial charge in [0.15, 0.2) is 0 Å². The van der Waals surface area contributed by atoms with E-state index < -0.39 is 33.6 Å². The Morgan fingerprint density at radius 3 is 1.59 bits per heavy atom. The van der Waals surface area contributed by atoms with E-state index in [-0.39, 0.29) is 0 Å². The van der Waals surface area contributed by atoms with Gasteiger partial charge in [-0.1, -0.05) is 0 Å². The van der Waals surface area contributed by atoms with Crippen molar-refractivity contribution in [2.24, 2.45) is 0 Å². The van der Waals surface area contributed by atoms with Crippen LogP contribution in [0.25, 0.3) is 0 Å². The van der Waals surface area contributed by atoms with Gasteiger partial charge < -0.3 is 4.74 Å². The van der Waals surface area contributed by atoms with Gasteiger partial charge in [0, 0.05) is 0 Å². The van der Waals surface area contributed by atoms with Crippen LogP contribution in [0.3, 0.4) is 0 Å². The molecule has 0 aromatic carbocycles. The molecule has 0 amide bonds. The first-order chi connectivity index (χ1) is 7.13. The molecule has 0 saturated heterocycles. The average Bonchev–Trinajstić information content (AvgIpc) is 1.98. The lowest BCUT2D eigenvalue weighted by Crippen LogP contribution is -2.51. The summed E-state index contributed by atoms with van der Waals surface area (Å²) in [7, 11) is -6.78. The second-order valence-electron chi connectivity index (χ2n) is 2.40. The van der Waals surface area contributed by atoms with Crippen LogP contribution in [0.4, 0.5) is 30.7 Å². The molecule has 5 nitrogen and oxygen atoms in total. The minimum absolute atomic E-state index is 2.01. The van der Waals surface area contributed by atoms with Crippen molar-refractivity contribution in [3.63, 3.8) is 0 Å². The maximum absolute atomic E-state index is 12.2. The highest BCUT2D eigenvalue weighted by molar-refractivity contribution is 7.86. The van der Waals surface area contributed by atoms with Gasteiger partial charge in [-0.25, -0.2) is 4.79 Å². The van der Waals surface area contributed by atoms with E-state index in [0.717, 1.165) is 0 Å². The van der Waals surface area contributed by atoms with Crippen molar-refractivity contribution < 1.29 is 53.2 Å². The smallest absolute Gasteiger partial charge is 0.388 e. The molecule has 0 aliphatic heterocycles. The Hall–Kier alpha value is -1.11. The molecule has 0 radical (unpaired) electrons. The van der Waals surface area contributed by atoms with E-state index in [9.17, 15) is 43.9 Å². The van der Waals surface area contributed by atoms with Gasteiger partial charge in [-0.05, 0) is 0 Å². The lowest BCUT2D eigenvalue weighted by Gasteiger charge is -2.23. The summed E-state index contributed by atoms with van der Waals surface area (Å²) < 4.78 is 112. The van der Waals surface area contributed by atoms with Crippen molar-refractivity contribution in [1.29, 1.82) is 0 Å². The predicted octanol–water partition coefficient (Wildman–Crippen LogP) is 1.17. The fraction of sp³-hybridized carbons (Fsp3) is 0.750. The highest BCUT2D eigenvalue weighted by Crippen LogP contribution is 2.40. The molecule has 0 atom stereocenters. The van der Waals surface area contributed by atoms with Crippen LogP contribution in [0.1, 0.15) is 0 Å². The number of alkyl halides is 7. The molecule has 0 rings (SSSR count). The Balaban J connectivity index is 5.26. The molecule has 0 aromatic rings. The monoisotopic (exact) mass is 294 g/mol. The Labute approximate surface area is 87.9 Å². The maximum atomic E-state index is 12.2. The van der Waals surface area contributed by atoms with Gasteiger partial charge in [-0.2, -0.15) is 39.2 Å². The molecular weight excluding hydrogens is 293 g/mol. The molecule has 1 N–H and O–H groups in total. The van der Waals surface area contributed by atoms with E-state index in [0.29, 0.717) is 0 Å². The number of esters is 1. The highest BCUT2D eigenvalue weighted by Gasteiger charge is 2.70. The molecule has 0 aromatic heterocycles. The largest absolute Gasteiger partial charge is 0.491 e. The maximum Gasteiger partial charge on any atom is 0.491 e. The van der Waals surface area contributed by atoms with E-state index in [4.69, 9.17) is 4.55 Å². The number of halogens is 7. The number of carbonyl (C=O) groups excluding carboxylic acids is 1. The van der Waals surface area contributed by atoms with Gasteiger partial charge >= 0.3 is 33.6 Å². The van der Waals surface area contributed by atoms with Crippen LogP contribution < -0.4 is 0 Å². The lowest BCUT2D eigenvalue weighted by atomic mass is 10.6. The van der Waals surface area contributed by atoms with Gasteiger partial charge in [0.05, 0.1) is 0 Å². The SMILES string of the molecule is O=C(OC(F)(F)C(F)(F)S(=O)(=O)O)C(F)(F)F. The van der Waals surface area contributed by atoms with Gasteiger partial charge in [0.1, 0.15) is 0 Å². The van der Waals surface area contributed by atoms with E-state index in [1.807, 2.05) is 4.74 Å². The first-order valence-electron chi connectivity index (χ1n) is 3.16. The zero-order chi connectivity index (χ0) is 14.3. The third-order valence-electron chi connectivity index (χ3n) is 1.12. The quantitative estimate of drug-likeness (QED) is 0.480. The zero-order valence-corrected chi connectivity index (χ0v) is 7.95. The summed E-state index contributed by atoms with van der Waals surface area (Å²) in [5, 5.41) is -6.42. The normalized spacial score (nSPS) is 14.6. The van der Waals surface area contributed by atoms with Gasteiger partial charge in [0.25, 0.3) is 0 Å². The van der Waals surface area contributed by atoms with Crippen molar-refractivity contribution in [3.05, 3.63) is 0 Å². The molecule has 0 spiro atoms. The standard InChI is InChI=1S/C4HF7O5S/c5-2(6,7)1(12)16-3(8,9)4(10,11)17(13,14)15/h(H,13,14,15). The molecule has 0 saturated carbocycles. The molecule has 0 bridgehead atoms. The van der Waals surface area contributed by atoms with E-state index in [2.05, 4.69) is 0 Å². The van der Waals surface area contributed by atoms with E-state index >= 15 is 0 Å². The van der Waals surface area contributed by atoms with Crippen LogP contribution in [-0.2, 0) is 19.6 Å². The van der Waals surface area contributed by atoms with Crippen LogP contribution in [0.2, 0.25) is 0 Å². The number of hydrogen-bond acceptors (Lipinski definition) is 4. The summed E-state index contributed by atoms with van der Waals surface area (Å²) >= 11 is 0. The van der Waals surface area contributed by atoms with E-state index in [1.165, 1.54) is 0 Å². The number of carbonyl (C=O) groups is 1. The summed E-state index contributed by atoms with van der Waals surface area (Å²) in [6.45, 7) is 0. The molecule has 0 unspecified atom stereocenters. The van der Waals surface area contributed by atoms with Crippen LogP contribution >= 0.6 is 0 Å². The molecule has 102 valence electrons. The lowest BCUT2D eigenvalue weighted by molar-refractivity contribution is -0.317.